The van der Waals surface area contributed by atoms with Crippen molar-refractivity contribution in [3.05, 3.63) is 34.9 Å². The molecule has 0 aromatic heterocycles. The van der Waals surface area contributed by atoms with E-state index in [1.807, 2.05) is 12.1 Å². The van der Waals surface area contributed by atoms with Crippen molar-refractivity contribution in [3.63, 3.8) is 0 Å². The summed E-state index contributed by atoms with van der Waals surface area (Å²) >= 11 is 5.85. The summed E-state index contributed by atoms with van der Waals surface area (Å²) in [7, 11) is 0. The summed E-state index contributed by atoms with van der Waals surface area (Å²) < 4.78 is 5.53. The molecule has 0 N–H and O–H groups in total. The fourth-order valence-electron chi connectivity index (χ4n) is 2.17. The standard InChI is InChI=1S/C14H17ClO2/c15-12-5-1-4-11(10-12)14(16)8-2-6-13-7-3-9-17-13/h1,4-5,10,13H,2-3,6-9H2. The van der Waals surface area contributed by atoms with Crippen LogP contribution in [-0.2, 0) is 4.74 Å². The molecule has 1 aliphatic heterocycles. The van der Waals surface area contributed by atoms with Crippen molar-refractivity contribution in [1.82, 2.24) is 0 Å². The molecule has 0 amide bonds. The maximum absolute atomic E-state index is 11.9. The Balaban J connectivity index is 1.77. The lowest BCUT2D eigenvalue weighted by atomic mass is 10.0. The predicted molar refractivity (Wildman–Crippen MR) is 68.6 cm³/mol. The fraction of sp³-hybridized carbons (Fsp3) is 0.500. The summed E-state index contributed by atoms with van der Waals surface area (Å²) in [6, 6.07) is 7.15. The number of carbonyl (C=O) groups is 1. The molecule has 0 saturated carbocycles. The molecule has 92 valence electrons. The lowest BCUT2D eigenvalue weighted by Gasteiger charge is -2.08. The van der Waals surface area contributed by atoms with Gasteiger partial charge in [0.1, 0.15) is 0 Å². The molecule has 1 saturated heterocycles. The minimum atomic E-state index is 0.172. The molecule has 17 heavy (non-hydrogen) atoms. The van der Waals surface area contributed by atoms with E-state index in [0.717, 1.165) is 32.3 Å². The number of rotatable bonds is 5. The van der Waals surface area contributed by atoms with E-state index in [2.05, 4.69) is 0 Å². The minimum absolute atomic E-state index is 0.172. The SMILES string of the molecule is O=C(CCCC1CCCO1)c1cccc(Cl)c1. The molecule has 0 bridgehead atoms. The Labute approximate surface area is 107 Å². The van der Waals surface area contributed by atoms with Crippen LogP contribution >= 0.6 is 11.6 Å². The lowest BCUT2D eigenvalue weighted by molar-refractivity contribution is 0.0923. The van der Waals surface area contributed by atoms with Gasteiger partial charge in [-0.15, -0.1) is 0 Å². The fourth-order valence-corrected chi connectivity index (χ4v) is 2.36. The van der Waals surface area contributed by atoms with Crippen molar-refractivity contribution in [2.45, 2.75) is 38.2 Å². The maximum atomic E-state index is 11.9. The Hall–Kier alpha value is -0.860. The van der Waals surface area contributed by atoms with E-state index in [1.165, 1.54) is 0 Å². The molecule has 0 aliphatic carbocycles. The van der Waals surface area contributed by atoms with Gasteiger partial charge in [0.05, 0.1) is 6.10 Å². The number of hydrogen-bond donors (Lipinski definition) is 0. The second-order valence-corrected chi connectivity index (χ2v) is 4.90. The first-order valence-electron chi connectivity index (χ1n) is 6.16. The monoisotopic (exact) mass is 252 g/mol. The first-order valence-corrected chi connectivity index (χ1v) is 6.54. The van der Waals surface area contributed by atoms with Gasteiger partial charge in [0.25, 0.3) is 0 Å². The van der Waals surface area contributed by atoms with Gasteiger partial charge in [-0.2, -0.15) is 0 Å². The third-order valence-corrected chi connectivity index (χ3v) is 3.34. The zero-order chi connectivity index (χ0) is 12.1. The van der Waals surface area contributed by atoms with E-state index in [0.29, 0.717) is 23.1 Å². The molecule has 3 heteroatoms. The minimum Gasteiger partial charge on any atom is -0.378 e. The zero-order valence-corrected chi connectivity index (χ0v) is 10.6. The molecule has 1 aromatic rings. The second-order valence-electron chi connectivity index (χ2n) is 4.46. The van der Waals surface area contributed by atoms with Crippen LogP contribution in [0.3, 0.4) is 0 Å². The number of benzene rings is 1. The molecule has 2 nitrogen and oxygen atoms in total. The van der Waals surface area contributed by atoms with Gasteiger partial charge in [-0.05, 0) is 37.8 Å². The van der Waals surface area contributed by atoms with Crippen LogP contribution in [0.2, 0.25) is 5.02 Å². The highest BCUT2D eigenvalue weighted by Gasteiger charge is 2.15. The van der Waals surface area contributed by atoms with Crippen LogP contribution in [0.15, 0.2) is 24.3 Å². The highest BCUT2D eigenvalue weighted by molar-refractivity contribution is 6.31. The number of hydrogen-bond acceptors (Lipinski definition) is 2. The quantitative estimate of drug-likeness (QED) is 0.744. The highest BCUT2D eigenvalue weighted by Crippen LogP contribution is 2.19. The Kier molecular flexibility index (Phi) is 4.57. The number of ether oxygens (including phenoxy) is 1. The molecular weight excluding hydrogens is 236 g/mol. The predicted octanol–water partition coefficient (Wildman–Crippen LogP) is 3.87. The molecule has 1 aliphatic rings. The van der Waals surface area contributed by atoms with Crippen LogP contribution in [0.1, 0.15) is 42.5 Å². The average molecular weight is 253 g/mol. The van der Waals surface area contributed by atoms with E-state index >= 15 is 0 Å². The smallest absolute Gasteiger partial charge is 0.162 e. The third kappa shape index (κ3) is 3.83. The van der Waals surface area contributed by atoms with Crippen LogP contribution in [0.4, 0.5) is 0 Å². The van der Waals surface area contributed by atoms with Gasteiger partial charge >= 0.3 is 0 Å². The number of Topliss-reactive ketones (excluding diaryl/α,β-unsaturated/α-hetero) is 1. The molecular formula is C14H17ClO2. The van der Waals surface area contributed by atoms with Gasteiger partial charge in [0.15, 0.2) is 5.78 Å². The van der Waals surface area contributed by atoms with E-state index in [9.17, 15) is 4.79 Å². The Bertz CT molecular complexity index is 384. The van der Waals surface area contributed by atoms with E-state index in [1.54, 1.807) is 12.1 Å². The van der Waals surface area contributed by atoms with Gasteiger partial charge in [0, 0.05) is 23.6 Å². The summed E-state index contributed by atoms with van der Waals surface area (Å²) in [6.45, 7) is 0.882. The van der Waals surface area contributed by atoms with Crippen LogP contribution in [0.5, 0.6) is 0 Å². The van der Waals surface area contributed by atoms with E-state index in [4.69, 9.17) is 16.3 Å². The first-order chi connectivity index (χ1) is 8.25. The van der Waals surface area contributed by atoms with Crippen LogP contribution in [-0.4, -0.2) is 18.5 Å². The Morgan fingerprint density at radius 2 is 2.35 bits per heavy atom. The van der Waals surface area contributed by atoms with Crippen molar-refractivity contribution < 1.29 is 9.53 Å². The molecule has 1 aromatic carbocycles. The topological polar surface area (TPSA) is 26.3 Å². The van der Waals surface area contributed by atoms with E-state index < -0.39 is 0 Å². The Morgan fingerprint density at radius 3 is 3.06 bits per heavy atom. The molecule has 1 atom stereocenters. The molecule has 0 radical (unpaired) electrons. The molecule has 0 spiro atoms. The van der Waals surface area contributed by atoms with E-state index in [-0.39, 0.29) is 5.78 Å². The summed E-state index contributed by atoms with van der Waals surface area (Å²) in [5.41, 5.74) is 0.713. The van der Waals surface area contributed by atoms with Crippen molar-refractivity contribution in [2.24, 2.45) is 0 Å². The van der Waals surface area contributed by atoms with Gasteiger partial charge in [0.2, 0.25) is 0 Å². The van der Waals surface area contributed by atoms with Gasteiger partial charge in [-0.3, -0.25) is 4.79 Å². The third-order valence-electron chi connectivity index (χ3n) is 3.10. The van der Waals surface area contributed by atoms with Crippen LogP contribution < -0.4 is 0 Å². The van der Waals surface area contributed by atoms with Crippen LogP contribution in [0.25, 0.3) is 0 Å². The van der Waals surface area contributed by atoms with Crippen molar-refractivity contribution in [3.8, 4) is 0 Å². The number of ketones is 1. The van der Waals surface area contributed by atoms with Crippen molar-refractivity contribution in [1.29, 1.82) is 0 Å². The summed E-state index contributed by atoms with van der Waals surface area (Å²) in [5, 5.41) is 0.620. The average Bonchev–Trinajstić information content (AvgIpc) is 2.82. The van der Waals surface area contributed by atoms with Gasteiger partial charge in [-0.1, -0.05) is 23.7 Å². The molecule has 2 rings (SSSR count). The first kappa shape index (κ1) is 12.6. The largest absolute Gasteiger partial charge is 0.378 e. The highest BCUT2D eigenvalue weighted by atomic mass is 35.5. The number of carbonyl (C=O) groups excluding carboxylic acids is 1. The molecule has 1 heterocycles. The lowest BCUT2D eigenvalue weighted by Crippen LogP contribution is -2.06. The summed E-state index contributed by atoms with van der Waals surface area (Å²) in [6.07, 6.45) is 5.16. The summed E-state index contributed by atoms with van der Waals surface area (Å²) in [4.78, 5) is 11.9. The second kappa shape index (κ2) is 6.18. The molecule has 1 fully saturated rings. The molecule has 1 unspecified atom stereocenters. The van der Waals surface area contributed by atoms with Crippen molar-refractivity contribution in [2.75, 3.05) is 6.61 Å². The zero-order valence-electron chi connectivity index (χ0n) is 9.82. The van der Waals surface area contributed by atoms with Crippen LogP contribution in [0, 0.1) is 0 Å². The van der Waals surface area contributed by atoms with Gasteiger partial charge in [-0.25, -0.2) is 0 Å². The Morgan fingerprint density at radius 1 is 1.47 bits per heavy atom. The summed E-state index contributed by atoms with van der Waals surface area (Å²) in [5.74, 6) is 0.172. The number of halogens is 1. The maximum Gasteiger partial charge on any atom is 0.162 e. The van der Waals surface area contributed by atoms with Gasteiger partial charge < -0.3 is 4.74 Å². The normalized spacial score (nSPS) is 19.5. The van der Waals surface area contributed by atoms with Crippen molar-refractivity contribution >= 4 is 17.4 Å².